The second kappa shape index (κ2) is 6.76. The molecule has 0 bridgehead atoms. The van der Waals surface area contributed by atoms with E-state index in [1.54, 1.807) is 25.3 Å². The third-order valence-corrected chi connectivity index (χ3v) is 3.13. The zero-order chi connectivity index (χ0) is 13.7. The van der Waals surface area contributed by atoms with Crippen LogP contribution in [0.3, 0.4) is 0 Å². The van der Waals surface area contributed by atoms with Crippen molar-refractivity contribution in [3.8, 4) is 5.75 Å². The summed E-state index contributed by atoms with van der Waals surface area (Å²) >= 11 is 6.12. The molecule has 1 aromatic carbocycles. The first-order valence-corrected chi connectivity index (χ1v) is 6.50. The van der Waals surface area contributed by atoms with Crippen molar-refractivity contribution < 1.29 is 9.53 Å². The predicted molar refractivity (Wildman–Crippen MR) is 74.6 cm³/mol. The van der Waals surface area contributed by atoms with Crippen LogP contribution in [0, 0.1) is 5.92 Å². The van der Waals surface area contributed by atoms with Crippen LogP contribution in [0.1, 0.15) is 31.1 Å². The van der Waals surface area contributed by atoms with Crippen LogP contribution in [0.5, 0.6) is 5.75 Å². The van der Waals surface area contributed by atoms with Crippen molar-refractivity contribution in [1.29, 1.82) is 0 Å². The van der Waals surface area contributed by atoms with Crippen molar-refractivity contribution in [2.24, 2.45) is 5.92 Å². The molecule has 0 aliphatic heterocycles. The molecular formula is C14H20ClNO2. The summed E-state index contributed by atoms with van der Waals surface area (Å²) in [4.78, 5) is 12.4. The van der Waals surface area contributed by atoms with Gasteiger partial charge in [-0.25, -0.2) is 0 Å². The van der Waals surface area contributed by atoms with Crippen molar-refractivity contribution in [3.63, 3.8) is 0 Å². The quantitative estimate of drug-likeness (QED) is 0.806. The molecule has 1 atom stereocenters. The predicted octanol–water partition coefficient (Wildman–Crippen LogP) is 3.17. The Morgan fingerprint density at radius 1 is 1.44 bits per heavy atom. The zero-order valence-corrected chi connectivity index (χ0v) is 12.0. The summed E-state index contributed by atoms with van der Waals surface area (Å²) in [6.07, 6.45) is 0. The Bertz CT molecular complexity index is 418. The molecule has 18 heavy (non-hydrogen) atoms. The molecule has 1 N–H and O–H groups in total. The number of ketones is 1. The number of Topliss-reactive ketones (excluding diaryl/α,β-unsaturated/α-hetero) is 1. The minimum Gasteiger partial charge on any atom is -0.497 e. The molecule has 0 aliphatic rings. The SMILES string of the molecule is CCNC(C(=O)c1ccc(OC)cc1Cl)C(C)C. The number of benzene rings is 1. The molecule has 1 rings (SSSR count). The van der Waals surface area contributed by atoms with Gasteiger partial charge in [-0.3, -0.25) is 4.79 Å². The van der Waals surface area contributed by atoms with Gasteiger partial charge in [-0.1, -0.05) is 32.4 Å². The van der Waals surface area contributed by atoms with Gasteiger partial charge in [0, 0.05) is 5.56 Å². The average molecular weight is 270 g/mol. The van der Waals surface area contributed by atoms with Crippen molar-refractivity contribution in [1.82, 2.24) is 5.32 Å². The van der Waals surface area contributed by atoms with Crippen LogP contribution < -0.4 is 10.1 Å². The third kappa shape index (κ3) is 3.47. The number of ether oxygens (including phenoxy) is 1. The van der Waals surface area contributed by atoms with Crippen molar-refractivity contribution in [2.45, 2.75) is 26.8 Å². The summed E-state index contributed by atoms with van der Waals surface area (Å²) in [6, 6.07) is 4.93. The summed E-state index contributed by atoms with van der Waals surface area (Å²) in [5.41, 5.74) is 0.539. The first kappa shape index (κ1) is 15.0. The van der Waals surface area contributed by atoms with Gasteiger partial charge in [-0.2, -0.15) is 0 Å². The lowest BCUT2D eigenvalue weighted by Gasteiger charge is -2.21. The van der Waals surface area contributed by atoms with Gasteiger partial charge in [0.1, 0.15) is 5.75 Å². The lowest BCUT2D eigenvalue weighted by molar-refractivity contribution is 0.0918. The molecule has 0 saturated carbocycles. The molecule has 1 aromatic rings. The van der Waals surface area contributed by atoms with Crippen LogP contribution in [0.2, 0.25) is 5.02 Å². The number of carbonyl (C=O) groups is 1. The van der Waals surface area contributed by atoms with E-state index in [4.69, 9.17) is 16.3 Å². The number of methoxy groups -OCH3 is 1. The van der Waals surface area contributed by atoms with E-state index in [0.29, 0.717) is 16.3 Å². The Hall–Kier alpha value is -1.06. The fourth-order valence-electron chi connectivity index (χ4n) is 1.84. The van der Waals surface area contributed by atoms with Crippen LogP contribution >= 0.6 is 11.6 Å². The molecule has 0 heterocycles. The number of likely N-dealkylation sites (N-methyl/N-ethyl adjacent to an activating group) is 1. The number of carbonyl (C=O) groups excluding carboxylic acids is 1. The first-order valence-electron chi connectivity index (χ1n) is 6.12. The third-order valence-electron chi connectivity index (χ3n) is 2.81. The van der Waals surface area contributed by atoms with Gasteiger partial charge in [0.2, 0.25) is 0 Å². The van der Waals surface area contributed by atoms with Crippen LogP contribution in [0.15, 0.2) is 18.2 Å². The van der Waals surface area contributed by atoms with E-state index in [0.717, 1.165) is 6.54 Å². The van der Waals surface area contributed by atoms with E-state index in [1.807, 2.05) is 20.8 Å². The van der Waals surface area contributed by atoms with Crippen molar-refractivity contribution in [3.05, 3.63) is 28.8 Å². The number of halogens is 1. The number of nitrogens with one attached hydrogen (secondary N) is 1. The summed E-state index contributed by atoms with van der Waals surface area (Å²) in [7, 11) is 1.57. The minimum absolute atomic E-state index is 0.0273. The smallest absolute Gasteiger partial charge is 0.181 e. The first-order chi connectivity index (χ1) is 8.51. The van der Waals surface area contributed by atoms with E-state index >= 15 is 0 Å². The normalized spacial score (nSPS) is 12.6. The Balaban J connectivity index is 3.01. The van der Waals surface area contributed by atoms with E-state index in [2.05, 4.69) is 5.32 Å². The highest BCUT2D eigenvalue weighted by Gasteiger charge is 2.24. The highest BCUT2D eigenvalue weighted by molar-refractivity contribution is 6.34. The molecule has 0 spiro atoms. The van der Waals surface area contributed by atoms with Gasteiger partial charge in [-0.05, 0) is 30.7 Å². The monoisotopic (exact) mass is 269 g/mol. The fraction of sp³-hybridized carbons (Fsp3) is 0.500. The maximum Gasteiger partial charge on any atom is 0.181 e. The summed E-state index contributed by atoms with van der Waals surface area (Å²) < 4.78 is 5.07. The Morgan fingerprint density at radius 3 is 2.56 bits per heavy atom. The van der Waals surface area contributed by atoms with Gasteiger partial charge in [0.25, 0.3) is 0 Å². The van der Waals surface area contributed by atoms with Gasteiger partial charge >= 0.3 is 0 Å². The zero-order valence-electron chi connectivity index (χ0n) is 11.3. The maximum absolute atomic E-state index is 12.4. The van der Waals surface area contributed by atoms with E-state index < -0.39 is 0 Å². The topological polar surface area (TPSA) is 38.3 Å². The molecule has 0 saturated heterocycles. The van der Waals surface area contributed by atoms with Crippen LogP contribution in [-0.2, 0) is 0 Å². The highest BCUT2D eigenvalue weighted by atomic mass is 35.5. The molecule has 0 aromatic heterocycles. The van der Waals surface area contributed by atoms with E-state index in [-0.39, 0.29) is 17.7 Å². The van der Waals surface area contributed by atoms with Crippen molar-refractivity contribution >= 4 is 17.4 Å². The summed E-state index contributed by atoms with van der Waals surface area (Å²) in [6.45, 7) is 6.77. The lowest BCUT2D eigenvalue weighted by Crippen LogP contribution is -2.41. The van der Waals surface area contributed by atoms with Gasteiger partial charge in [-0.15, -0.1) is 0 Å². The Kier molecular flexibility index (Phi) is 5.63. The number of hydrogen-bond donors (Lipinski definition) is 1. The maximum atomic E-state index is 12.4. The second-order valence-corrected chi connectivity index (χ2v) is 4.90. The minimum atomic E-state index is -0.208. The second-order valence-electron chi connectivity index (χ2n) is 4.49. The summed E-state index contributed by atoms with van der Waals surface area (Å²) in [5.74, 6) is 0.899. The van der Waals surface area contributed by atoms with Gasteiger partial charge in [0.15, 0.2) is 5.78 Å². The molecular weight excluding hydrogens is 250 g/mol. The molecule has 0 fully saturated rings. The molecule has 1 unspecified atom stereocenters. The number of hydrogen-bond acceptors (Lipinski definition) is 3. The molecule has 4 heteroatoms. The molecule has 0 radical (unpaired) electrons. The van der Waals surface area contributed by atoms with Gasteiger partial charge < -0.3 is 10.1 Å². The molecule has 0 aliphatic carbocycles. The summed E-state index contributed by atoms with van der Waals surface area (Å²) in [5, 5.41) is 3.63. The number of rotatable bonds is 6. The largest absolute Gasteiger partial charge is 0.497 e. The molecule has 100 valence electrons. The van der Waals surface area contributed by atoms with E-state index in [9.17, 15) is 4.79 Å². The van der Waals surface area contributed by atoms with Crippen molar-refractivity contribution in [2.75, 3.05) is 13.7 Å². The molecule has 0 amide bonds. The van der Waals surface area contributed by atoms with Gasteiger partial charge in [0.05, 0.1) is 18.2 Å². The van der Waals surface area contributed by atoms with Crippen LogP contribution in [0.25, 0.3) is 0 Å². The fourth-order valence-corrected chi connectivity index (χ4v) is 2.10. The Labute approximate surface area is 113 Å². The van der Waals surface area contributed by atoms with E-state index in [1.165, 1.54) is 0 Å². The average Bonchev–Trinajstić information content (AvgIpc) is 2.34. The highest BCUT2D eigenvalue weighted by Crippen LogP contribution is 2.24. The van der Waals surface area contributed by atoms with Crippen LogP contribution in [-0.4, -0.2) is 25.5 Å². The Morgan fingerprint density at radius 2 is 2.11 bits per heavy atom. The lowest BCUT2D eigenvalue weighted by atomic mass is 9.95. The molecule has 3 nitrogen and oxygen atoms in total. The standard InChI is InChI=1S/C14H20ClNO2/c1-5-16-13(9(2)3)14(17)11-7-6-10(18-4)8-12(11)15/h6-9,13,16H,5H2,1-4H3. The van der Waals surface area contributed by atoms with Crippen LogP contribution in [0.4, 0.5) is 0 Å².